The lowest BCUT2D eigenvalue weighted by Gasteiger charge is -2.12. The summed E-state index contributed by atoms with van der Waals surface area (Å²) in [4.78, 5) is 43.2. The highest BCUT2D eigenvalue weighted by molar-refractivity contribution is 9.10. The van der Waals surface area contributed by atoms with Crippen LogP contribution in [0.3, 0.4) is 0 Å². The van der Waals surface area contributed by atoms with Crippen molar-refractivity contribution in [1.29, 1.82) is 0 Å². The van der Waals surface area contributed by atoms with Gasteiger partial charge < -0.3 is 41.4 Å². The molecule has 0 radical (unpaired) electrons. The van der Waals surface area contributed by atoms with E-state index in [4.69, 9.17) is 31.9 Å². The van der Waals surface area contributed by atoms with Crippen molar-refractivity contribution in [2.24, 2.45) is 5.73 Å². The molecule has 2 amide bonds. The summed E-state index contributed by atoms with van der Waals surface area (Å²) in [5.74, 6) is -1.11. The van der Waals surface area contributed by atoms with Crippen LogP contribution in [0.15, 0.2) is 57.7 Å². The van der Waals surface area contributed by atoms with Gasteiger partial charge in [-0.25, -0.2) is 9.97 Å². The summed E-state index contributed by atoms with van der Waals surface area (Å²) in [6.45, 7) is 11.4. The van der Waals surface area contributed by atoms with E-state index in [0.717, 1.165) is 31.4 Å². The predicted octanol–water partition coefficient (Wildman–Crippen LogP) is 5.19. The lowest BCUT2D eigenvalue weighted by Crippen LogP contribution is -2.19. The first-order valence-corrected chi connectivity index (χ1v) is 21.6. The number of hydrogen-bond donors (Lipinski definition) is 6. The van der Waals surface area contributed by atoms with Gasteiger partial charge in [-0.1, -0.05) is 31.9 Å². The standard InChI is InChI=1S/C20H23BrN6O3.C17H15BrClN5O2.C3H9NO/c1-3-30-7-6-27-10-14-17(24-20(22-9-11(2)28)25-18(14)26-27)16-13-8-12(21)4-5-15(13)23-19(16)29;1-2-26-6-5-24-8-11-14(21-17(19)22-15(11)23-24)13-10-7-9(18)3-4-12(10)20-16(13)25;1-3(5)2-4/h4-5,8,10-11,16,28H,3,6-7,9H2,1-2H3,(H,23,29)(H,22,25,26);3-4,7-8,13H,2,5-6H2,1H3,(H,20,25);3,5H,2,4H2,1H3/t11-,16?;;3-/m0.0/s1. The lowest BCUT2D eigenvalue weighted by molar-refractivity contribution is -0.117. The van der Waals surface area contributed by atoms with E-state index in [1.54, 1.807) is 23.2 Å². The minimum absolute atomic E-state index is 0.0683. The third-order valence-electron chi connectivity index (χ3n) is 9.36. The monoisotopic (exact) mass is 984 g/mol. The molecule has 0 aliphatic carbocycles. The highest BCUT2D eigenvalue weighted by Gasteiger charge is 2.37. The number of nitrogens with two attached hydrogens (primary N) is 1. The zero-order valence-corrected chi connectivity index (χ0v) is 37.8. The van der Waals surface area contributed by atoms with Crippen LogP contribution in [0.25, 0.3) is 22.1 Å². The van der Waals surface area contributed by atoms with Gasteiger partial charge in [0.1, 0.15) is 11.8 Å². The van der Waals surface area contributed by atoms with Crippen LogP contribution in [0.2, 0.25) is 5.28 Å². The van der Waals surface area contributed by atoms with E-state index < -0.39 is 17.9 Å². The summed E-state index contributed by atoms with van der Waals surface area (Å²) < 4.78 is 16.1. The van der Waals surface area contributed by atoms with Gasteiger partial charge in [0.2, 0.25) is 23.0 Å². The minimum atomic E-state index is -0.584. The Labute approximate surface area is 373 Å². The molecule has 0 bridgehead atoms. The molecular weight excluding hydrogens is 940 g/mol. The largest absolute Gasteiger partial charge is 0.392 e. The number of hydrogen-bond acceptors (Lipinski definition) is 14. The Hall–Kier alpha value is -4.67. The van der Waals surface area contributed by atoms with E-state index in [1.807, 2.05) is 62.6 Å². The summed E-state index contributed by atoms with van der Waals surface area (Å²) in [5.41, 5.74) is 10.2. The molecule has 4 aromatic heterocycles. The van der Waals surface area contributed by atoms with E-state index in [1.165, 1.54) is 0 Å². The molecule has 18 nitrogen and oxygen atoms in total. The molecule has 6 aromatic rings. The first kappa shape index (κ1) is 45.8. The van der Waals surface area contributed by atoms with Crippen molar-refractivity contribution in [3.63, 3.8) is 0 Å². The number of aliphatic hydroxyl groups excluding tert-OH is 2. The van der Waals surface area contributed by atoms with E-state index in [9.17, 15) is 14.7 Å². The molecule has 2 aromatic carbocycles. The molecule has 2 aliphatic rings. The summed E-state index contributed by atoms with van der Waals surface area (Å²) in [6.07, 6.45) is 2.78. The van der Waals surface area contributed by atoms with Crippen LogP contribution in [0.1, 0.15) is 62.0 Å². The van der Waals surface area contributed by atoms with Gasteiger partial charge in [0.05, 0.1) is 60.7 Å². The topological polar surface area (TPSA) is 242 Å². The number of amides is 2. The molecule has 0 saturated heterocycles. The normalized spacial score (nSPS) is 16.2. The molecule has 0 saturated carbocycles. The molecule has 2 aliphatic heterocycles. The number of carbonyl (C=O) groups is 2. The number of aromatic nitrogens is 8. The van der Waals surface area contributed by atoms with Gasteiger partial charge >= 0.3 is 0 Å². The average Bonchev–Trinajstić information content (AvgIpc) is 3.99. The third kappa shape index (κ3) is 11.2. The maximum absolute atomic E-state index is 12.9. The van der Waals surface area contributed by atoms with Gasteiger partial charge in [0.25, 0.3) is 0 Å². The van der Waals surface area contributed by atoms with Crippen LogP contribution in [0, 0.1) is 0 Å². The van der Waals surface area contributed by atoms with Gasteiger partial charge in [-0.05, 0) is 86.8 Å². The first-order valence-electron chi connectivity index (χ1n) is 19.6. The van der Waals surface area contributed by atoms with Crippen molar-refractivity contribution >= 4 is 94.7 Å². The number of benzene rings is 2. The number of carbonyl (C=O) groups excluding carboxylic acids is 2. The van der Waals surface area contributed by atoms with Crippen molar-refractivity contribution in [3.8, 4) is 0 Å². The molecule has 7 N–H and O–H groups in total. The van der Waals surface area contributed by atoms with Crippen LogP contribution in [0.5, 0.6) is 0 Å². The van der Waals surface area contributed by atoms with E-state index in [-0.39, 0.29) is 29.7 Å². The SMILES string of the molecule is CCOCCn1cc2c(C3C(=O)Nc4ccc(Br)cc43)nc(Cl)nc2n1.CCOCCn1cc2c(C3C(=O)Nc4ccc(Br)cc43)nc(NC[C@H](C)O)nc2n1.C[C@H](O)CN. The Morgan fingerprint density at radius 1 is 0.787 bits per heavy atom. The number of anilines is 3. The number of halogens is 3. The lowest BCUT2D eigenvalue weighted by atomic mass is 9.95. The highest BCUT2D eigenvalue weighted by Crippen LogP contribution is 2.41. The van der Waals surface area contributed by atoms with Gasteiger partial charge in [-0.2, -0.15) is 20.2 Å². The van der Waals surface area contributed by atoms with Crippen LogP contribution >= 0.6 is 43.5 Å². The zero-order valence-electron chi connectivity index (χ0n) is 33.9. The highest BCUT2D eigenvalue weighted by atomic mass is 79.9. The number of ether oxygens (including phenoxy) is 2. The number of nitrogens with zero attached hydrogens (tertiary/aromatic N) is 8. The molecule has 0 fully saturated rings. The Balaban J connectivity index is 0.000000185. The molecule has 61 heavy (non-hydrogen) atoms. The molecule has 2 unspecified atom stereocenters. The van der Waals surface area contributed by atoms with Crippen molar-refractivity contribution < 1.29 is 29.3 Å². The van der Waals surface area contributed by atoms with Crippen LogP contribution < -0.4 is 21.7 Å². The predicted molar refractivity (Wildman–Crippen MR) is 239 cm³/mol. The molecular formula is C40H47Br2ClN12O6. The van der Waals surface area contributed by atoms with Crippen molar-refractivity contribution in [1.82, 2.24) is 39.5 Å². The quantitative estimate of drug-likeness (QED) is 0.0608. The van der Waals surface area contributed by atoms with Gasteiger partial charge in [0.15, 0.2) is 11.3 Å². The van der Waals surface area contributed by atoms with Crippen LogP contribution in [-0.4, -0.2) is 113 Å². The van der Waals surface area contributed by atoms with Crippen molar-refractivity contribution in [2.75, 3.05) is 55.5 Å². The fourth-order valence-electron chi connectivity index (χ4n) is 6.52. The molecule has 4 atom stereocenters. The van der Waals surface area contributed by atoms with Crippen LogP contribution in [-0.2, 0) is 32.2 Å². The van der Waals surface area contributed by atoms with E-state index in [2.05, 4.69) is 77.9 Å². The first-order chi connectivity index (χ1) is 29.3. The smallest absolute Gasteiger partial charge is 0.238 e. The van der Waals surface area contributed by atoms with Crippen molar-refractivity contribution in [3.05, 3.63) is 85.5 Å². The summed E-state index contributed by atoms with van der Waals surface area (Å²) in [6, 6.07) is 11.3. The molecule has 6 heterocycles. The Bertz CT molecular complexity index is 2500. The number of aliphatic hydroxyl groups is 2. The second-order valence-electron chi connectivity index (χ2n) is 14.1. The van der Waals surface area contributed by atoms with E-state index in [0.29, 0.717) is 85.5 Å². The third-order valence-corrected chi connectivity index (χ3v) is 10.5. The van der Waals surface area contributed by atoms with Crippen LogP contribution in [0.4, 0.5) is 17.3 Å². The van der Waals surface area contributed by atoms with E-state index >= 15 is 0 Å². The minimum Gasteiger partial charge on any atom is -0.392 e. The Morgan fingerprint density at radius 2 is 1.26 bits per heavy atom. The van der Waals surface area contributed by atoms with Gasteiger partial charge in [-0.3, -0.25) is 19.0 Å². The molecule has 21 heteroatoms. The molecule has 0 spiro atoms. The number of fused-ring (bicyclic) bond motifs is 4. The second kappa shape index (κ2) is 20.9. The number of nitrogens with one attached hydrogen (secondary N) is 3. The van der Waals surface area contributed by atoms with Gasteiger partial charge in [-0.15, -0.1) is 0 Å². The van der Waals surface area contributed by atoms with Gasteiger partial charge in [0, 0.05) is 59.0 Å². The Morgan fingerprint density at radius 3 is 1.72 bits per heavy atom. The van der Waals surface area contributed by atoms with Crippen molar-refractivity contribution in [2.45, 2.75) is 64.8 Å². The summed E-state index contributed by atoms with van der Waals surface area (Å²) in [5, 5.41) is 37.2. The fraction of sp³-hybridized carbons (Fsp3) is 0.400. The summed E-state index contributed by atoms with van der Waals surface area (Å²) >= 11 is 13.1. The maximum atomic E-state index is 12.9. The fourth-order valence-corrected chi connectivity index (χ4v) is 7.45. The zero-order chi connectivity index (χ0) is 43.8. The number of rotatable bonds is 14. The Kier molecular flexibility index (Phi) is 15.7. The average molecular weight is 987 g/mol. The second-order valence-corrected chi connectivity index (χ2v) is 16.3. The molecule has 324 valence electrons. The summed E-state index contributed by atoms with van der Waals surface area (Å²) in [7, 11) is 0. The molecule has 8 rings (SSSR count). The maximum Gasteiger partial charge on any atom is 0.238 e.